The van der Waals surface area contributed by atoms with Gasteiger partial charge in [0.25, 0.3) is 0 Å². The Morgan fingerprint density at radius 2 is 2.00 bits per heavy atom. The molecule has 0 fully saturated rings. The summed E-state index contributed by atoms with van der Waals surface area (Å²) in [5.41, 5.74) is 6.40. The summed E-state index contributed by atoms with van der Waals surface area (Å²) in [6, 6.07) is 15.5. The zero-order valence-corrected chi connectivity index (χ0v) is 19.0. The zero-order chi connectivity index (χ0) is 23.8. The van der Waals surface area contributed by atoms with Crippen LogP contribution in [-0.4, -0.2) is 37.7 Å². The van der Waals surface area contributed by atoms with E-state index in [1.165, 1.54) is 0 Å². The highest BCUT2D eigenvalue weighted by atomic mass is 16.2. The van der Waals surface area contributed by atoms with Crippen molar-refractivity contribution >= 4 is 39.8 Å². The number of urea groups is 1. The Kier molecular flexibility index (Phi) is 5.07. The average Bonchev–Trinajstić information content (AvgIpc) is 3.52. The molecule has 0 atom stereocenters. The van der Waals surface area contributed by atoms with Gasteiger partial charge < -0.3 is 10.6 Å². The zero-order valence-electron chi connectivity index (χ0n) is 19.0. The molecule has 0 saturated carbocycles. The van der Waals surface area contributed by atoms with Gasteiger partial charge in [-0.05, 0) is 60.9 Å². The molecule has 2 aromatic carbocycles. The van der Waals surface area contributed by atoms with Crippen LogP contribution in [0.3, 0.4) is 0 Å². The number of anilines is 4. The number of rotatable bonds is 4. The number of nitrogens with zero attached hydrogens (tertiary/aromatic N) is 5. The number of H-pyrrole nitrogens is 1. The molecule has 2 amide bonds. The molecule has 0 bridgehead atoms. The lowest BCUT2D eigenvalue weighted by molar-refractivity contribution is 0.257. The summed E-state index contributed by atoms with van der Waals surface area (Å²) in [6.07, 6.45) is 7.72. The van der Waals surface area contributed by atoms with Crippen LogP contribution in [0.4, 0.5) is 27.7 Å². The third kappa shape index (κ3) is 4.04. The van der Waals surface area contributed by atoms with E-state index in [9.17, 15) is 4.79 Å². The number of hydrogen-bond donors (Lipinski definition) is 3. The first-order chi connectivity index (χ1) is 17.1. The predicted octanol–water partition coefficient (Wildman–Crippen LogP) is 5.06. The van der Waals surface area contributed by atoms with Gasteiger partial charge in [-0.3, -0.25) is 15.0 Å². The second kappa shape index (κ2) is 8.53. The second-order valence-corrected chi connectivity index (χ2v) is 8.43. The molecule has 3 aromatic heterocycles. The van der Waals surface area contributed by atoms with E-state index in [1.54, 1.807) is 35.8 Å². The molecule has 35 heavy (non-hydrogen) atoms. The van der Waals surface area contributed by atoms with Gasteiger partial charge in [-0.15, -0.1) is 0 Å². The Labute approximate surface area is 201 Å². The first kappa shape index (κ1) is 20.8. The Balaban J connectivity index is 1.25. The summed E-state index contributed by atoms with van der Waals surface area (Å²) in [5.74, 6) is 1.26. The van der Waals surface area contributed by atoms with Gasteiger partial charge in [0.2, 0.25) is 0 Å². The number of amides is 2. The first-order valence-electron chi connectivity index (χ1n) is 11.3. The minimum Gasteiger partial charge on any atom is -0.340 e. The van der Waals surface area contributed by atoms with Gasteiger partial charge >= 0.3 is 6.03 Å². The molecule has 3 N–H and O–H groups in total. The number of carbonyl (C=O) groups excluding carboxylic acids is 1. The Bertz CT molecular complexity index is 1560. The topological polar surface area (TPSA) is 112 Å². The van der Waals surface area contributed by atoms with Crippen molar-refractivity contribution in [2.75, 3.05) is 22.1 Å². The number of benzene rings is 2. The largest absolute Gasteiger partial charge is 0.340 e. The van der Waals surface area contributed by atoms with Gasteiger partial charge in [-0.25, -0.2) is 14.8 Å². The highest BCUT2D eigenvalue weighted by molar-refractivity contribution is 6.03. The first-order valence-corrected chi connectivity index (χ1v) is 11.3. The molecule has 4 heterocycles. The maximum absolute atomic E-state index is 13.1. The smallest absolute Gasteiger partial charge is 0.326 e. The molecular weight excluding hydrogens is 440 g/mol. The number of pyridine rings is 1. The fourth-order valence-electron chi connectivity index (χ4n) is 4.26. The summed E-state index contributed by atoms with van der Waals surface area (Å²) in [7, 11) is 0. The van der Waals surface area contributed by atoms with Gasteiger partial charge in [0.1, 0.15) is 5.82 Å². The van der Waals surface area contributed by atoms with Crippen LogP contribution in [0.5, 0.6) is 0 Å². The third-order valence-electron chi connectivity index (χ3n) is 6.11. The number of hydrogen-bond acceptors (Lipinski definition) is 6. The molecule has 172 valence electrons. The lowest BCUT2D eigenvalue weighted by Gasteiger charge is -2.19. The molecule has 0 saturated heterocycles. The van der Waals surface area contributed by atoms with Crippen LogP contribution in [0.25, 0.3) is 22.3 Å². The Morgan fingerprint density at radius 1 is 1.06 bits per heavy atom. The minimum absolute atomic E-state index is 0.166. The monoisotopic (exact) mass is 462 g/mol. The van der Waals surface area contributed by atoms with Crippen molar-refractivity contribution in [1.29, 1.82) is 0 Å². The van der Waals surface area contributed by atoms with Crippen LogP contribution in [-0.2, 0) is 6.42 Å². The Morgan fingerprint density at radius 3 is 2.91 bits per heavy atom. The van der Waals surface area contributed by atoms with Crippen molar-refractivity contribution in [2.24, 2.45) is 0 Å². The van der Waals surface area contributed by atoms with Crippen LogP contribution in [0.15, 0.2) is 73.3 Å². The predicted molar refractivity (Wildman–Crippen MR) is 136 cm³/mol. The van der Waals surface area contributed by atoms with Gasteiger partial charge in [-0.1, -0.05) is 12.1 Å². The van der Waals surface area contributed by atoms with Crippen LogP contribution in [0.2, 0.25) is 0 Å². The highest BCUT2D eigenvalue weighted by Crippen LogP contribution is 2.33. The summed E-state index contributed by atoms with van der Waals surface area (Å²) in [5, 5.41) is 14.4. The van der Waals surface area contributed by atoms with Crippen molar-refractivity contribution in [2.45, 2.75) is 13.3 Å². The number of nitrogens with one attached hydrogen (secondary N) is 3. The van der Waals surface area contributed by atoms with Gasteiger partial charge in [0.15, 0.2) is 5.82 Å². The SMILES string of the molecule is Cc1cnccc1NC(=O)N1CCc2ccc(-c3nccc(Nc4ccc5[nH]ncc5c4)n3)cc21. The highest BCUT2D eigenvalue weighted by Gasteiger charge is 2.26. The van der Waals surface area contributed by atoms with E-state index in [0.29, 0.717) is 18.2 Å². The average molecular weight is 463 g/mol. The van der Waals surface area contributed by atoms with Gasteiger partial charge in [0, 0.05) is 53.1 Å². The number of aromatic amines is 1. The lowest BCUT2D eigenvalue weighted by Crippen LogP contribution is -2.33. The van der Waals surface area contributed by atoms with E-state index >= 15 is 0 Å². The number of carbonyl (C=O) groups is 1. The lowest BCUT2D eigenvalue weighted by atomic mass is 10.1. The number of fused-ring (bicyclic) bond motifs is 2. The third-order valence-corrected chi connectivity index (χ3v) is 6.11. The fraction of sp³-hybridized carbons (Fsp3) is 0.115. The van der Waals surface area contributed by atoms with E-state index in [2.05, 4.69) is 30.8 Å². The summed E-state index contributed by atoms with van der Waals surface area (Å²) >= 11 is 0. The molecule has 1 aliphatic heterocycles. The van der Waals surface area contributed by atoms with E-state index in [1.807, 2.05) is 49.4 Å². The van der Waals surface area contributed by atoms with Crippen molar-refractivity contribution in [1.82, 2.24) is 25.1 Å². The molecule has 0 unspecified atom stereocenters. The molecule has 9 nitrogen and oxygen atoms in total. The molecule has 0 spiro atoms. The van der Waals surface area contributed by atoms with Crippen LogP contribution < -0.4 is 15.5 Å². The van der Waals surface area contributed by atoms with Crippen molar-refractivity contribution in [3.05, 3.63) is 84.4 Å². The number of aromatic nitrogens is 5. The second-order valence-electron chi connectivity index (χ2n) is 8.43. The van der Waals surface area contributed by atoms with Crippen LogP contribution >= 0.6 is 0 Å². The van der Waals surface area contributed by atoms with Crippen LogP contribution in [0, 0.1) is 6.92 Å². The summed E-state index contributed by atoms with van der Waals surface area (Å²) < 4.78 is 0. The quantitative estimate of drug-likeness (QED) is 0.344. The van der Waals surface area contributed by atoms with E-state index in [0.717, 1.165) is 51.1 Å². The summed E-state index contributed by atoms with van der Waals surface area (Å²) in [4.78, 5) is 28.1. The fourth-order valence-corrected chi connectivity index (χ4v) is 4.26. The molecule has 1 aliphatic rings. The summed E-state index contributed by atoms with van der Waals surface area (Å²) in [6.45, 7) is 2.54. The van der Waals surface area contributed by atoms with Gasteiger partial charge in [0.05, 0.1) is 11.7 Å². The Hall–Kier alpha value is -4.79. The molecular formula is C26H22N8O. The molecule has 6 rings (SSSR count). The molecule has 0 aliphatic carbocycles. The van der Waals surface area contributed by atoms with Crippen LogP contribution in [0.1, 0.15) is 11.1 Å². The minimum atomic E-state index is -0.166. The molecule has 9 heteroatoms. The van der Waals surface area contributed by atoms with Crippen molar-refractivity contribution < 1.29 is 4.79 Å². The van der Waals surface area contributed by atoms with E-state index in [-0.39, 0.29) is 6.03 Å². The van der Waals surface area contributed by atoms with E-state index < -0.39 is 0 Å². The maximum Gasteiger partial charge on any atom is 0.326 e. The van der Waals surface area contributed by atoms with Gasteiger partial charge in [-0.2, -0.15) is 5.10 Å². The maximum atomic E-state index is 13.1. The van der Waals surface area contributed by atoms with E-state index in [4.69, 9.17) is 4.98 Å². The number of aryl methyl sites for hydroxylation is 1. The standard InChI is InChI=1S/C26H22N8O/c1-16-14-27-9-6-21(16)31-26(35)34-11-8-17-2-3-18(13-23(17)34)25-28-10-7-24(32-25)30-20-4-5-22-19(12-20)15-29-33-22/h2-7,9-10,12-15H,8,11H2,1H3,(H,29,33)(H,27,31,35)(H,28,30,32). The van der Waals surface area contributed by atoms with Crippen molar-refractivity contribution in [3.8, 4) is 11.4 Å². The van der Waals surface area contributed by atoms with Crippen molar-refractivity contribution in [3.63, 3.8) is 0 Å². The molecule has 5 aromatic rings. The normalized spacial score (nSPS) is 12.5. The molecule has 0 radical (unpaired) electrons.